The van der Waals surface area contributed by atoms with Gasteiger partial charge in [-0.15, -0.1) is 0 Å². The summed E-state index contributed by atoms with van der Waals surface area (Å²) >= 11 is 0. The summed E-state index contributed by atoms with van der Waals surface area (Å²) in [5.74, 6) is 1.44. The molecule has 0 bridgehead atoms. The van der Waals surface area contributed by atoms with E-state index in [2.05, 4.69) is 10.2 Å². The second-order valence-electron chi connectivity index (χ2n) is 9.35. The number of hydrogen-bond donors (Lipinski definition) is 3. The van der Waals surface area contributed by atoms with Crippen LogP contribution in [0.2, 0.25) is 0 Å². The van der Waals surface area contributed by atoms with Crippen LogP contribution in [-0.4, -0.2) is 69.1 Å². The maximum atomic E-state index is 13.2. The van der Waals surface area contributed by atoms with Crippen molar-refractivity contribution >= 4 is 17.5 Å². The third-order valence-corrected chi connectivity index (χ3v) is 7.23. The van der Waals surface area contributed by atoms with Crippen molar-refractivity contribution in [1.82, 2.24) is 4.90 Å². The van der Waals surface area contributed by atoms with Crippen LogP contribution >= 0.6 is 0 Å². The number of quaternary nitrogens is 2. The van der Waals surface area contributed by atoms with Crippen molar-refractivity contribution in [1.29, 1.82) is 0 Å². The molecule has 7 heteroatoms. The Balaban J connectivity index is 1.17. The van der Waals surface area contributed by atoms with Crippen LogP contribution in [0.15, 0.2) is 24.3 Å². The molecule has 2 atom stereocenters. The summed E-state index contributed by atoms with van der Waals surface area (Å²) < 4.78 is 13.2. The number of rotatable bonds is 5. The highest BCUT2D eigenvalue weighted by Crippen LogP contribution is 2.35. The Labute approximate surface area is 178 Å². The number of benzene rings is 1. The zero-order valence-corrected chi connectivity index (χ0v) is 17.8. The molecule has 1 aromatic rings. The highest BCUT2D eigenvalue weighted by molar-refractivity contribution is 5.91. The lowest BCUT2D eigenvalue weighted by molar-refractivity contribution is -1.00. The molecule has 1 aromatic carbocycles. The minimum Gasteiger partial charge on any atom is -0.338 e. The van der Waals surface area contributed by atoms with Crippen molar-refractivity contribution < 1.29 is 23.8 Å². The van der Waals surface area contributed by atoms with E-state index in [1.807, 2.05) is 0 Å². The highest BCUT2D eigenvalue weighted by Gasteiger charge is 2.34. The number of carbonyl (C=O) groups excluding carboxylic acids is 2. The molecule has 164 valence electrons. The van der Waals surface area contributed by atoms with Crippen molar-refractivity contribution in [2.75, 3.05) is 57.7 Å². The van der Waals surface area contributed by atoms with E-state index < -0.39 is 0 Å². The van der Waals surface area contributed by atoms with Crippen LogP contribution in [-0.2, 0) is 9.59 Å². The van der Waals surface area contributed by atoms with Crippen LogP contribution in [0.5, 0.6) is 0 Å². The van der Waals surface area contributed by atoms with Gasteiger partial charge in [0.2, 0.25) is 0 Å². The number of hydrogen-bond acceptors (Lipinski definition) is 2. The predicted molar refractivity (Wildman–Crippen MR) is 113 cm³/mol. The quantitative estimate of drug-likeness (QED) is 0.609. The van der Waals surface area contributed by atoms with Crippen LogP contribution in [0.4, 0.5) is 10.1 Å². The number of likely N-dealkylation sites (tertiary alicyclic amines) is 1. The van der Waals surface area contributed by atoms with Gasteiger partial charge in [0.05, 0.1) is 0 Å². The molecule has 30 heavy (non-hydrogen) atoms. The van der Waals surface area contributed by atoms with Crippen molar-refractivity contribution in [3.8, 4) is 0 Å². The Morgan fingerprint density at radius 1 is 1.00 bits per heavy atom. The summed E-state index contributed by atoms with van der Waals surface area (Å²) in [6.45, 7) is 6.45. The van der Waals surface area contributed by atoms with Gasteiger partial charge < -0.3 is 20.0 Å². The van der Waals surface area contributed by atoms with Crippen molar-refractivity contribution in [2.24, 2.45) is 11.8 Å². The Kier molecular flexibility index (Phi) is 7.00. The number of carbonyl (C=O) groups is 2. The maximum absolute atomic E-state index is 13.2. The summed E-state index contributed by atoms with van der Waals surface area (Å²) in [6.07, 6.45) is 6.53. The van der Waals surface area contributed by atoms with Crippen molar-refractivity contribution in [3.63, 3.8) is 0 Å². The van der Waals surface area contributed by atoms with E-state index in [0.29, 0.717) is 24.7 Å². The lowest BCUT2D eigenvalue weighted by Gasteiger charge is -2.41. The summed E-state index contributed by atoms with van der Waals surface area (Å²) in [5.41, 5.74) is 0.496. The molecule has 2 aliphatic heterocycles. The SMILES string of the molecule is O=C(C[NH+]1CC[NH+](CC(=O)N2CC[C@@H]3CCCC[C@@H]3C2)CC1)Nc1cccc(F)c1. The largest absolute Gasteiger partial charge is 0.338 e. The summed E-state index contributed by atoms with van der Waals surface area (Å²) in [4.78, 5) is 29.8. The Morgan fingerprint density at radius 2 is 1.70 bits per heavy atom. The molecule has 2 amide bonds. The van der Waals surface area contributed by atoms with Crippen LogP contribution in [0, 0.1) is 17.7 Å². The smallest absolute Gasteiger partial charge is 0.279 e. The van der Waals surface area contributed by atoms with Gasteiger partial charge in [-0.25, -0.2) is 4.39 Å². The molecule has 0 unspecified atom stereocenters. The molecule has 3 N–H and O–H groups in total. The first-order valence-corrected chi connectivity index (χ1v) is 11.6. The fourth-order valence-electron chi connectivity index (χ4n) is 5.46. The van der Waals surface area contributed by atoms with Gasteiger partial charge in [0, 0.05) is 18.8 Å². The molecule has 2 heterocycles. The summed E-state index contributed by atoms with van der Waals surface area (Å²) in [6, 6.07) is 5.98. The molecular weight excluding hydrogens is 383 g/mol. The number of halogens is 1. The third kappa shape index (κ3) is 5.58. The molecule has 0 radical (unpaired) electrons. The standard InChI is InChI=1S/C23H33FN4O2/c24-20-6-3-7-21(14-20)25-22(29)16-26-10-12-27(13-11-26)17-23(30)28-9-8-18-4-1-2-5-19(18)15-28/h3,6-7,14,18-19H,1-2,4-5,8-13,15-17H2,(H,25,29)/p+2/t18-,19+/m0/s1. The van der Waals surface area contributed by atoms with E-state index >= 15 is 0 Å². The molecule has 6 nitrogen and oxygen atoms in total. The lowest BCUT2D eigenvalue weighted by Crippen LogP contribution is -3.28. The molecule has 1 aliphatic carbocycles. The molecule has 0 spiro atoms. The van der Waals surface area contributed by atoms with Gasteiger partial charge >= 0.3 is 0 Å². The van der Waals surface area contributed by atoms with Gasteiger partial charge in [0.1, 0.15) is 32.0 Å². The minimum absolute atomic E-state index is 0.0921. The van der Waals surface area contributed by atoms with Gasteiger partial charge in [0.15, 0.2) is 13.1 Å². The zero-order valence-electron chi connectivity index (χ0n) is 17.8. The topological polar surface area (TPSA) is 58.3 Å². The summed E-state index contributed by atoms with van der Waals surface area (Å²) in [7, 11) is 0. The van der Waals surface area contributed by atoms with E-state index in [9.17, 15) is 14.0 Å². The molecule has 4 rings (SSSR count). The van der Waals surface area contributed by atoms with Gasteiger partial charge in [-0.1, -0.05) is 25.3 Å². The fraction of sp³-hybridized carbons (Fsp3) is 0.652. The van der Waals surface area contributed by atoms with Gasteiger partial charge in [-0.3, -0.25) is 9.59 Å². The van der Waals surface area contributed by atoms with E-state index in [-0.39, 0.29) is 11.7 Å². The molecular formula is C23H35FN4O2+2. The molecule has 0 aromatic heterocycles. The number of amides is 2. The second kappa shape index (κ2) is 9.88. The molecule has 1 saturated carbocycles. The van der Waals surface area contributed by atoms with E-state index in [1.54, 1.807) is 12.1 Å². The van der Waals surface area contributed by atoms with Crippen LogP contribution in [0.1, 0.15) is 32.1 Å². The number of anilines is 1. The first-order valence-electron chi connectivity index (χ1n) is 11.6. The number of piperidine rings is 1. The normalized spacial score (nSPS) is 29.2. The Bertz CT molecular complexity index is 750. The van der Waals surface area contributed by atoms with Crippen LogP contribution in [0.3, 0.4) is 0 Å². The average Bonchev–Trinajstić information content (AvgIpc) is 2.74. The summed E-state index contributed by atoms with van der Waals surface area (Å²) in [5, 5.41) is 2.77. The first-order chi connectivity index (χ1) is 14.6. The number of fused-ring (bicyclic) bond motifs is 1. The number of nitrogens with zero attached hydrogens (tertiary/aromatic N) is 1. The molecule has 2 saturated heterocycles. The Hall–Kier alpha value is -1.99. The Morgan fingerprint density at radius 3 is 2.43 bits per heavy atom. The van der Waals surface area contributed by atoms with Crippen LogP contribution < -0.4 is 15.1 Å². The number of piperazine rings is 1. The predicted octanol–water partition coefficient (Wildman–Crippen LogP) is -0.414. The van der Waals surface area contributed by atoms with Crippen LogP contribution in [0.25, 0.3) is 0 Å². The monoisotopic (exact) mass is 418 g/mol. The fourth-order valence-corrected chi connectivity index (χ4v) is 5.46. The number of nitrogens with one attached hydrogen (secondary N) is 3. The maximum Gasteiger partial charge on any atom is 0.279 e. The first kappa shape index (κ1) is 21.2. The van der Waals surface area contributed by atoms with Gasteiger partial charge in [-0.2, -0.15) is 0 Å². The second-order valence-corrected chi connectivity index (χ2v) is 9.35. The van der Waals surface area contributed by atoms with Crippen molar-refractivity contribution in [2.45, 2.75) is 32.1 Å². The molecule has 3 aliphatic rings. The third-order valence-electron chi connectivity index (χ3n) is 7.23. The minimum atomic E-state index is -0.352. The van der Waals surface area contributed by atoms with E-state index in [0.717, 1.165) is 51.1 Å². The molecule has 3 fully saturated rings. The lowest BCUT2D eigenvalue weighted by atomic mass is 9.75. The van der Waals surface area contributed by atoms with E-state index in [1.165, 1.54) is 54.0 Å². The average molecular weight is 419 g/mol. The van der Waals surface area contributed by atoms with Crippen molar-refractivity contribution in [3.05, 3.63) is 30.1 Å². The van der Waals surface area contributed by atoms with Gasteiger partial charge in [-0.05, 0) is 42.9 Å². The van der Waals surface area contributed by atoms with Gasteiger partial charge in [0.25, 0.3) is 11.8 Å². The zero-order chi connectivity index (χ0) is 20.9. The highest BCUT2D eigenvalue weighted by atomic mass is 19.1. The van der Waals surface area contributed by atoms with E-state index in [4.69, 9.17) is 0 Å².